The summed E-state index contributed by atoms with van der Waals surface area (Å²) in [6.07, 6.45) is 1.29. The summed E-state index contributed by atoms with van der Waals surface area (Å²) in [4.78, 5) is 57.8. The van der Waals surface area contributed by atoms with Gasteiger partial charge < -0.3 is 9.80 Å². The molecule has 0 saturated carbocycles. The van der Waals surface area contributed by atoms with Crippen molar-refractivity contribution in [2.24, 2.45) is 0 Å². The van der Waals surface area contributed by atoms with Crippen molar-refractivity contribution in [3.05, 3.63) is 28.7 Å². The number of hydrogen-bond acceptors (Lipinski definition) is 6. The molecule has 2 aliphatic rings. The zero-order chi connectivity index (χ0) is 23.0. The third-order valence-corrected chi connectivity index (χ3v) is 6.31. The Morgan fingerprint density at radius 3 is 2.16 bits per heavy atom. The van der Waals surface area contributed by atoms with Gasteiger partial charge in [-0.3, -0.25) is 24.1 Å². The first kappa shape index (κ1) is 21.9. The quantitative estimate of drug-likeness (QED) is 0.623. The van der Waals surface area contributed by atoms with E-state index >= 15 is 0 Å². The molecule has 10 nitrogen and oxygen atoms in total. The van der Waals surface area contributed by atoms with E-state index in [-0.39, 0.29) is 43.0 Å². The van der Waals surface area contributed by atoms with E-state index in [1.165, 1.54) is 0 Å². The highest BCUT2D eigenvalue weighted by molar-refractivity contribution is 6.04. The highest BCUT2D eigenvalue weighted by atomic mass is 16.2. The van der Waals surface area contributed by atoms with E-state index in [0.717, 1.165) is 33.2 Å². The molecule has 0 unspecified atom stereocenters. The monoisotopic (exact) mass is 440 g/mol. The Bertz CT molecular complexity index is 1080. The molecule has 4 rings (SSSR count). The van der Waals surface area contributed by atoms with Gasteiger partial charge in [-0.2, -0.15) is 5.10 Å². The van der Waals surface area contributed by atoms with Crippen LogP contribution in [-0.4, -0.2) is 85.7 Å². The number of fused-ring (bicyclic) bond motifs is 1. The first-order chi connectivity index (χ1) is 15.2. The molecule has 0 spiro atoms. The molecule has 2 fully saturated rings. The second-order valence-electron chi connectivity index (χ2n) is 8.45. The molecule has 4 heterocycles. The summed E-state index contributed by atoms with van der Waals surface area (Å²) >= 11 is 0. The summed E-state index contributed by atoms with van der Waals surface area (Å²) in [5.74, 6) is -0.792. The number of piperazine rings is 1. The number of aryl methyl sites for hydroxylation is 3. The third kappa shape index (κ3) is 4.21. The van der Waals surface area contributed by atoms with E-state index < -0.39 is 0 Å². The Balaban J connectivity index is 1.30. The molecule has 0 atom stereocenters. The number of rotatable bonds is 5. The number of amides is 4. The van der Waals surface area contributed by atoms with Gasteiger partial charge in [0.2, 0.25) is 23.6 Å². The van der Waals surface area contributed by atoms with Gasteiger partial charge in [0.05, 0.1) is 5.69 Å². The molecule has 10 heteroatoms. The minimum Gasteiger partial charge on any atom is -0.339 e. The van der Waals surface area contributed by atoms with Gasteiger partial charge >= 0.3 is 0 Å². The molecular formula is C22H28N6O4. The molecule has 4 amide bonds. The third-order valence-electron chi connectivity index (χ3n) is 6.31. The van der Waals surface area contributed by atoms with Crippen LogP contribution in [0.1, 0.15) is 41.9 Å². The largest absolute Gasteiger partial charge is 0.339 e. The summed E-state index contributed by atoms with van der Waals surface area (Å²) in [6.45, 7) is 7.37. The number of imide groups is 1. The molecule has 2 saturated heterocycles. The summed E-state index contributed by atoms with van der Waals surface area (Å²) < 4.78 is 1.82. The Kier molecular flexibility index (Phi) is 5.94. The Hall–Kier alpha value is -3.30. The topological polar surface area (TPSA) is 108 Å². The molecule has 0 aromatic carbocycles. The maximum absolute atomic E-state index is 12.8. The van der Waals surface area contributed by atoms with Crippen molar-refractivity contribution in [1.29, 1.82) is 0 Å². The van der Waals surface area contributed by atoms with Crippen molar-refractivity contribution in [1.82, 2.24) is 29.3 Å². The van der Waals surface area contributed by atoms with Crippen LogP contribution >= 0.6 is 0 Å². The van der Waals surface area contributed by atoms with Gasteiger partial charge in [0, 0.05) is 62.9 Å². The van der Waals surface area contributed by atoms with Gasteiger partial charge in [0.25, 0.3) is 0 Å². The van der Waals surface area contributed by atoms with Crippen molar-refractivity contribution in [3.63, 3.8) is 0 Å². The fraction of sp³-hybridized carbons (Fsp3) is 0.545. The lowest BCUT2D eigenvalue weighted by molar-refractivity contribution is -0.147. The van der Waals surface area contributed by atoms with Gasteiger partial charge in [-0.1, -0.05) is 0 Å². The fourth-order valence-corrected chi connectivity index (χ4v) is 4.43. The fourth-order valence-electron chi connectivity index (χ4n) is 4.43. The summed E-state index contributed by atoms with van der Waals surface area (Å²) in [5, 5.41) is 4.48. The number of nitrogens with zero attached hydrogens (tertiary/aromatic N) is 6. The van der Waals surface area contributed by atoms with Crippen LogP contribution in [0, 0.1) is 20.8 Å². The maximum Gasteiger partial charge on any atom is 0.242 e. The predicted molar refractivity (Wildman–Crippen MR) is 115 cm³/mol. The zero-order valence-electron chi connectivity index (χ0n) is 18.8. The van der Waals surface area contributed by atoms with E-state index in [2.05, 4.69) is 10.1 Å². The van der Waals surface area contributed by atoms with Crippen LogP contribution in [-0.2, 0) is 25.6 Å². The average molecular weight is 441 g/mol. The van der Waals surface area contributed by atoms with Gasteiger partial charge in [-0.15, -0.1) is 0 Å². The second-order valence-corrected chi connectivity index (χ2v) is 8.45. The molecule has 0 aliphatic carbocycles. The normalized spacial score (nSPS) is 17.0. The number of likely N-dealkylation sites (tertiary alicyclic amines) is 1. The molecule has 2 aromatic heterocycles. The van der Waals surface area contributed by atoms with Crippen molar-refractivity contribution in [3.8, 4) is 0 Å². The standard InChI is InChI=1S/C22H28N6O4/c1-14-12-18-23-15(2)17(16(3)28(18)24-14)4-5-19(29)25-8-10-26(11-9-25)22(32)13-27-20(30)6-7-21(27)31/h12H,4-11,13H2,1-3H3. The lowest BCUT2D eigenvalue weighted by Crippen LogP contribution is -2.53. The molecule has 2 aromatic rings. The Labute approximate surface area is 186 Å². The molecule has 2 aliphatic heterocycles. The minimum absolute atomic E-state index is 0.0394. The number of carbonyl (C=O) groups excluding carboxylic acids is 4. The maximum atomic E-state index is 12.8. The summed E-state index contributed by atoms with van der Waals surface area (Å²) in [5.41, 5.74) is 4.64. The van der Waals surface area contributed by atoms with Crippen molar-refractivity contribution in [2.45, 2.75) is 46.5 Å². The molecule has 0 N–H and O–H groups in total. The van der Waals surface area contributed by atoms with Crippen LogP contribution in [0.5, 0.6) is 0 Å². The highest BCUT2D eigenvalue weighted by Gasteiger charge is 2.33. The van der Waals surface area contributed by atoms with Crippen molar-refractivity contribution < 1.29 is 19.2 Å². The number of carbonyl (C=O) groups is 4. The summed E-state index contributed by atoms with van der Waals surface area (Å²) in [6, 6.07) is 1.94. The SMILES string of the molecule is Cc1cc2nc(C)c(CCC(=O)N3CCN(C(=O)CN4C(=O)CCC4=O)CC3)c(C)n2n1. The predicted octanol–water partition coefficient (Wildman–Crippen LogP) is 0.407. The minimum atomic E-state index is -0.291. The lowest BCUT2D eigenvalue weighted by Gasteiger charge is -2.35. The van der Waals surface area contributed by atoms with Crippen molar-refractivity contribution >= 4 is 29.3 Å². The highest BCUT2D eigenvalue weighted by Crippen LogP contribution is 2.18. The molecule has 170 valence electrons. The van der Waals surface area contributed by atoms with Crippen LogP contribution < -0.4 is 0 Å². The van der Waals surface area contributed by atoms with Gasteiger partial charge in [-0.05, 0) is 32.8 Å². The molecule has 0 bridgehead atoms. The number of hydrogen-bond donors (Lipinski definition) is 0. The first-order valence-electron chi connectivity index (χ1n) is 11.0. The van der Waals surface area contributed by atoms with Crippen molar-refractivity contribution in [2.75, 3.05) is 32.7 Å². The van der Waals surface area contributed by atoms with Crippen LogP contribution in [0.25, 0.3) is 5.65 Å². The van der Waals surface area contributed by atoms with E-state index in [1.807, 2.05) is 31.4 Å². The van der Waals surface area contributed by atoms with E-state index in [9.17, 15) is 19.2 Å². The first-order valence-corrected chi connectivity index (χ1v) is 11.0. The Morgan fingerprint density at radius 2 is 1.53 bits per heavy atom. The average Bonchev–Trinajstić information content (AvgIpc) is 3.29. The van der Waals surface area contributed by atoms with Gasteiger partial charge in [0.15, 0.2) is 5.65 Å². The Morgan fingerprint density at radius 1 is 0.938 bits per heavy atom. The van der Waals surface area contributed by atoms with E-state index in [1.54, 1.807) is 9.80 Å². The van der Waals surface area contributed by atoms with Crippen LogP contribution in [0.2, 0.25) is 0 Å². The zero-order valence-corrected chi connectivity index (χ0v) is 18.8. The number of aromatic nitrogens is 3. The molecule has 0 radical (unpaired) electrons. The van der Waals surface area contributed by atoms with Crippen LogP contribution in [0.15, 0.2) is 6.07 Å². The smallest absolute Gasteiger partial charge is 0.242 e. The van der Waals surface area contributed by atoms with E-state index in [4.69, 9.17) is 0 Å². The summed E-state index contributed by atoms with van der Waals surface area (Å²) in [7, 11) is 0. The van der Waals surface area contributed by atoms with Crippen LogP contribution in [0.3, 0.4) is 0 Å². The van der Waals surface area contributed by atoms with E-state index in [0.29, 0.717) is 39.0 Å². The van der Waals surface area contributed by atoms with Gasteiger partial charge in [0.1, 0.15) is 6.54 Å². The van der Waals surface area contributed by atoms with Crippen LogP contribution in [0.4, 0.5) is 0 Å². The lowest BCUT2D eigenvalue weighted by atomic mass is 10.1. The van der Waals surface area contributed by atoms with Gasteiger partial charge in [-0.25, -0.2) is 9.50 Å². The molecular weight excluding hydrogens is 412 g/mol. The molecule has 32 heavy (non-hydrogen) atoms. The second kappa shape index (κ2) is 8.68.